The molecule has 2 heteroatoms. The first-order chi connectivity index (χ1) is 5.59. The maximum Gasteiger partial charge on any atom is 0.225 e. The molecule has 0 unspecified atom stereocenters. The molecule has 1 rings (SSSR count). The molecule has 1 aliphatic rings. The predicted molar refractivity (Wildman–Crippen MR) is 49.8 cm³/mol. The molecule has 0 spiro atoms. The van der Waals surface area contributed by atoms with Crippen molar-refractivity contribution in [2.75, 3.05) is 7.05 Å². The van der Waals surface area contributed by atoms with Gasteiger partial charge in [0.2, 0.25) is 5.91 Å². The molecule has 0 heterocycles. The topological polar surface area (TPSA) is 29.1 Å². The first-order valence-electron chi connectivity index (χ1n) is 4.81. The maximum absolute atomic E-state index is 11.5. The number of hydrogen-bond acceptors (Lipinski definition) is 1. The van der Waals surface area contributed by atoms with E-state index in [0.29, 0.717) is 5.92 Å². The van der Waals surface area contributed by atoms with E-state index >= 15 is 0 Å². The zero-order valence-electron chi connectivity index (χ0n) is 8.31. The fourth-order valence-corrected chi connectivity index (χ4v) is 2.16. The largest absolute Gasteiger partial charge is 0.359 e. The van der Waals surface area contributed by atoms with E-state index < -0.39 is 0 Å². The molecule has 1 amide bonds. The Hall–Kier alpha value is -0.530. The van der Waals surface area contributed by atoms with E-state index in [0.717, 1.165) is 0 Å². The summed E-state index contributed by atoms with van der Waals surface area (Å²) in [7, 11) is 1.72. The molecule has 0 atom stereocenters. The highest BCUT2D eigenvalue weighted by Gasteiger charge is 2.37. The number of amides is 1. The average Bonchev–Trinajstić information content (AvgIpc) is 2.55. The second kappa shape index (κ2) is 3.46. The molecule has 0 bridgehead atoms. The van der Waals surface area contributed by atoms with E-state index in [9.17, 15) is 4.79 Å². The van der Waals surface area contributed by atoms with Gasteiger partial charge in [-0.05, 0) is 18.8 Å². The summed E-state index contributed by atoms with van der Waals surface area (Å²) in [5.41, 5.74) is -0.161. The zero-order valence-corrected chi connectivity index (χ0v) is 8.31. The molecule has 0 radical (unpaired) electrons. The fraction of sp³-hybridized carbons (Fsp3) is 0.900. The molecule has 0 aromatic rings. The van der Waals surface area contributed by atoms with Crippen molar-refractivity contribution in [1.82, 2.24) is 5.32 Å². The van der Waals surface area contributed by atoms with Crippen molar-refractivity contribution in [2.24, 2.45) is 11.3 Å². The molecular weight excluding hydrogens is 150 g/mol. The third kappa shape index (κ3) is 1.62. The highest BCUT2D eigenvalue weighted by molar-refractivity contribution is 5.81. The fourth-order valence-electron chi connectivity index (χ4n) is 2.16. The molecule has 70 valence electrons. The quantitative estimate of drug-likeness (QED) is 0.672. The monoisotopic (exact) mass is 169 g/mol. The lowest BCUT2D eigenvalue weighted by Gasteiger charge is -2.29. The normalized spacial score (nSPS) is 19.6. The van der Waals surface area contributed by atoms with Gasteiger partial charge >= 0.3 is 0 Å². The van der Waals surface area contributed by atoms with Gasteiger partial charge in [-0.2, -0.15) is 0 Å². The minimum absolute atomic E-state index is 0.161. The van der Waals surface area contributed by atoms with Gasteiger partial charge in [-0.25, -0.2) is 0 Å². The van der Waals surface area contributed by atoms with Crippen molar-refractivity contribution in [1.29, 1.82) is 0 Å². The second-order valence-corrected chi connectivity index (χ2v) is 4.28. The molecule has 0 aromatic carbocycles. The van der Waals surface area contributed by atoms with Crippen molar-refractivity contribution in [3.05, 3.63) is 0 Å². The third-order valence-corrected chi connectivity index (χ3v) is 3.19. The van der Waals surface area contributed by atoms with Crippen LogP contribution in [0.3, 0.4) is 0 Å². The first kappa shape index (κ1) is 9.56. The van der Waals surface area contributed by atoms with Crippen molar-refractivity contribution in [3.8, 4) is 0 Å². The highest BCUT2D eigenvalue weighted by Crippen LogP contribution is 2.39. The Morgan fingerprint density at radius 1 is 1.33 bits per heavy atom. The van der Waals surface area contributed by atoms with Crippen LogP contribution >= 0.6 is 0 Å². The van der Waals surface area contributed by atoms with E-state index in [-0.39, 0.29) is 11.3 Å². The summed E-state index contributed by atoms with van der Waals surface area (Å²) in [6.07, 6.45) is 5.04. The van der Waals surface area contributed by atoms with Crippen LogP contribution in [0.25, 0.3) is 0 Å². The molecule has 1 saturated carbocycles. The van der Waals surface area contributed by atoms with Crippen LogP contribution in [0.15, 0.2) is 0 Å². The van der Waals surface area contributed by atoms with Crippen LogP contribution in [0.1, 0.15) is 39.5 Å². The first-order valence-corrected chi connectivity index (χ1v) is 4.81. The summed E-state index contributed by atoms with van der Waals surface area (Å²) in [5.74, 6) is 0.784. The van der Waals surface area contributed by atoms with Gasteiger partial charge in [-0.3, -0.25) is 4.79 Å². The number of rotatable bonds is 2. The van der Waals surface area contributed by atoms with Crippen molar-refractivity contribution in [2.45, 2.75) is 39.5 Å². The standard InChI is InChI=1S/C10H19NO/c1-10(2,9(12)11-3)8-6-4-5-7-8/h8H,4-7H2,1-3H3,(H,11,12). The highest BCUT2D eigenvalue weighted by atomic mass is 16.2. The van der Waals surface area contributed by atoms with Crippen molar-refractivity contribution >= 4 is 5.91 Å². The van der Waals surface area contributed by atoms with Gasteiger partial charge in [0.1, 0.15) is 0 Å². The molecule has 1 N–H and O–H groups in total. The van der Waals surface area contributed by atoms with Gasteiger partial charge in [-0.15, -0.1) is 0 Å². The van der Waals surface area contributed by atoms with E-state index in [2.05, 4.69) is 19.2 Å². The Balaban J connectivity index is 2.62. The zero-order chi connectivity index (χ0) is 9.19. The van der Waals surface area contributed by atoms with Crippen molar-refractivity contribution in [3.63, 3.8) is 0 Å². The summed E-state index contributed by atoms with van der Waals surface area (Å²) >= 11 is 0. The third-order valence-electron chi connectivity index (χ3n) is 3.19. The molecule has 0 saturated heterocycles. The van der Waals surface area contributed by atoms with Crippen LogP contribution in [-0.4, -0.2) is 13.0 Å². The molecule has 1 fully saturated rings. The smallest absolute Gasteiger partial charge is 0.225 e. The number of nitrogens with one attached hydrogen (secondary N) is 1. The van der Waals surface area contributed by atoms with Crippen LogP contribution in [0.4, 0.5) is 0 Å². The summed E-state index contributed by atoms with van der Waals surface area (Å²) in [5, 5.41) is 2.74. The van der Waals surface area contributed by atoms with Crippen LogP contribution in [0.2, 0.25) is 0 Å². The van der Waals surface area contributed by atoms with Gasteiger partial charge in [0, 0.05) is 12.5 Å². The van der Waals surface area contributed by atoms with Gasteiger partial charge in [0.15, 0.2) is 0 Å². The van der Waals surface area contributed by atoms with Gasteiger partial charge in [-0.1, -0.05) is 26.7 Å². The van der Waals surface area contributed by atoms with E-state index in [1.165, 1.54) is 25.7 Å². The van der Waals surface area contributed by atoms with Crippen molar-refractivity contribution < 1.29 is 4.79 Å². The van der Waals surface area contributed by atoms with Crippen LogP contribution in [0, 0.1) is 11.3 Å². The van der Waals surface area contributed by atoms with E-state index in [4.69, 9.17) is 0 Å². The summed E-state index contributed by atoms with van der Waals surface area (Å²) < 4.78 is 0. The van der Waals surface area contributed by atoms with E-state index in [1.54, 1.807) is 7.05 Å². The molecule has 1 aliphatic carbocycles. The molecule has 2 nitrogen and oxygen atoms in total. The SMILES string of the molecule is CNC(=O)C(C)(C)C1CCCC1. The van der Waals surface area contributed by atoms with E-state index in [1.807, 2.05) is 0 Å². The number of hydrogen-bond donors (Lipinski definition) is 1. The summed E-state index contributed by atoms with van der Waals surface area (Å²) in [6, 6.07) is 0. The lowest BCUT2D eigenvalue weighted by Crippen LogP contribution is -2.39. The Kier molecular flexibility index (Phi) is 2.76. The summed E-state index contributed by atoms with van der Waals surface area (Å²) in [4.78, 5) is 11.5. The van der Waals surface area contributed by atoms with Gasteiger partial charge in [0.25, 0.3) is 0 Å². The Bertz CT molecular complexity index is 169. The average molecular weight is 169 g/mol. The van der Waals surface area contributed by atoms with Crippen LogP contribution in [-0.2, 0) is 4.79 Å². The van der Waals surface area contributed by atoms with Crippen LogP contribution < -0.4 is 5.32 Å². The minimum atomic E-state index is -0.161. The summed E-state index contributed by atoms with van der Waals surface area (Å²) in [6.45, 7) is 4.11. The molecule has 12 heavy (non-hydrogen) atoms. The Morgan fingerprint density at radius 3 is 2.25 bits per heavy atom. The second-order valence-electron chi connectivity index (χ2n) is 4.28. The van der Waals surface area contributed by atoms with Crippen LogP contribution in [0.5, 0.6) is 0 Å². The predicted octanol–water partition coefficient (Wildman–Crippen LogP) is 1.95. The van der Waals surface area contributed by atoms with Gasteiger partial charge < -0.3 is 5.32 Å². The molecular formula is C10H19NO. The number of carbonyl (C=O) groups is 1. The Morgan fingerprint density at radius 2 is 1.83 bits per heavy atom. The van der Waals surface area contributed by atoms with Gasteiger partial charge in [0.05, 0.1) is 0 Å². The maximum atomic E-state index is 11.5. The molecule has 0 aliphatic heterocycles. The minimum Gasteiger partial charge on any atom is -0.359 e. The lowest BCUT2D eigenvalue weighted by atomic mass is 9.77. The Labute approximate surface area is 74.7 Å². The molecule has 0 aromatic heterocycles. The number of carbonyl (C=O) groups excluding carboxylic acids is 1. The lowest BCUT2D eigenvalue weighted by molar-refractivity contribution is -0.131.